The topological polar surface area (TPSA) is 91.8 Å². The monoisotopic (exact) mass is 270 g/mol. The number of halogens is 1. The summed E-state index contributed by atoms with van der Waals surface area (Å²) in [6.07, 6.45) is 1.25. The average molecular weight is 270 g/mol. The van der Waals surface area contributed by atoms with E-state index < -0.39 is 11.7 Å². The molecule has 0 saturated heterocycles. The number of carbonyl (C=O) groups is 1. The van der Waals surface area contributed by atoms with Crippen molar-refractivity contribution >= 4 is 17.4 Å². The SMILES string of the molecule is N#CCc1ccc(NC(=O)c2cc(F)cnc2N)cc1. The van der Waals surface area contributed by atoms with Gasteiger partial charge in [-0.3, -0.25) is 4.79 Å². The summed E-state index contributed by atoms with van der Waals surface area (Å²) in [4.78, 5) is 15.5. The quantitative estimate of drug-likeness (QED) is 0.893. The van der Waals surface area contributed by atoms with Crippen LogP contribution in [0.25, 0.3) is 0 Å². The van der Waals surface area contributed by atoms with Crippen LogP contribution in [-0.4, -0.2) is 10.9 Å². The lowest BCUT2D eigenvalue weighted by Gasteiger charge is -2.07. The number of nitrogen functional groups attached to an aromatic ring is 1. The highest BCUT2D eigenvalue weighted by atomic mass is 19.1. The number of pyridine rings is 1. The van der Waals surface area contributed by atoms with Crippen LogP contribution in [0.4, 0.5) is 15.9 Å². The van der Waals surface area contributed by atoms with E-state index in [1.165, 1.54) is 0 Å². The van der Waals surface area contributed by atoms with Gasteiger partial charge >= 0.3 is 0 Å². The Balaban J connectivity index is 2.15. The molecule has 1 aromatic heterocycles. The molecule has 0 atom stereocenters. The van der Waals surface area contributed by atoms with E-state index in [4.69, 9.17) is 11.0 Å². The second kappa shape index (κ2) is 5.80. The molecule has 2 aromatic rings. The van der Waals surface area contributed by atoms with Gasteiger partial charge in [0.2, 0.25) is 0 Å². The zero-order chi connectivity index (χ0) is 14.5. The fourth-order valence-electron chi connectivity index (χ4n) is 1.63. The maximum Gasteiger partial charge on any atom is 0.259 e. The van der Waals surface area contributed by atoms with Crippen LogP contribution in [-0.2, 0) is 6.42 Å². The molecule has 1 amide bonds. The highest BCUT2D eigenvalue weighted by Gasteiger charge is 2.12. The van der Waals surface area contributed by atoms with E-state index >= 15 is 0 Å². The number of anilines is 2. The van der Waals surface area contributed by atoms with E-state index in [1.54, 1.807) is 24.3 Å². The van der Waals surface area contributed by atoms with Gasteiger partial charge in [0, 0.05) is 5.69 Å². The molecule has 1 aromatic carbocycles. The minimum absolute atomic E-state index is 0.0221. The molecule has 20 heavy (non-hydrogen) atoms. The molecular weight excluding hydrogens is 259 g/mol. The van der Waals surface area contributed by atoms with Crippen LogP contribution in [0.15, 0.2) is 36.5 Å². The highest BCUT2D eigenvalue weighted by molar-refractivity contribution is 6.07. The first-order chi connectivity index (χ1) is 9.60. The lowest BCUT2D eigenvalue weighted by atomic mass is 10.1. The first-order valence-electron chi connectivity index (χ1n) is 5.78. The molecule has 2 rings (SSSR count). The molecule has 1 heterocycles. The Hall–Kier alpha value is -2.94. The summed E-state index contributed by atoms with van der Waals surface area (Å²) in [7, 11) is 0. The molecular formula is C14H11FN4O. The number of amides is 1. The minimum atomic E-state index is -0.631. The Morgan fingerprint density at radius 1 is 1.40 bits per heavy atom. The van der Waals surface area contributed by atoms with Crippen molar-refractivity contribution in [2.45, 2.75) is 6.42 Å². The van der Waals surface area contributed by atoms with Crippen molar-refractivity contribution in [1.29, 1.82) is 5.26 Å². The zero-order valence-corrected chi connectivity index (χ0v) is 10.4. The summed E-state index contributed by atoms with van der Waals surface area (Å²) >= 11 is 0. The van der Waals surface area contributed by atoms with Gasteiger partial charge in [0.05, 0.1) is 24.3 Å². The molecule has 0 radical (unpaired) electrons. The first-order valence-corrected chi connectivity index (χ1v) is 5.78. The molecule has 0 saturated carbocycles. The number of nitrogens with one attached hydrogen (secondary N) is 1. The van der Waals surface area contributed by atoms with Crippen LogP contribution < -0.4 is 11.1 Å². The third kappa shape index (κ3) is 3.09. The largest absolute Gasteiger partial charge is 0.383 e. The van der Waals surface area contributed by atoms with Gasteiger partial charge in [0.25, 0.3) is 5.91 Å². The Bertz CT molecular complexity index is 677. The molecule has 0 unspecified atom stereocenters. The smallest absolute Gasteiger partial charge is 0.259 e. The Morgan fingerprint density at radius 2 is 2.10 bits per heavy atom. The normalized spacial score (nSPS) is 9.80. The summed E-state index contributed by atoms with van der Waals surface area (Å²) in [6.45, 7) is 0. The fraction of sp³-hybridized carbons (Fsp3) is 0.0714. The van der Waals surface area contributed by atoms with Crippen molar-refractivity contribution in [3.63, 3.8) is 0 Å². The van der Waals surface area contributed by atoms with Crippen LogP contribution in [0.3, 0.4) is 0 Å². The van der Waals surface area contributed by atoms with Gasteiger partial charge in [-0.2, -0.15) is 5.26 Å². The van der Waals surface area contributed by atoms with Crippen molar-refractivity contribution in [2.75, 3.05) is 11.1 Å². The molecule has 3 N–H and O–H groups in total. The van der Waals surface area contributed by atoms with E-state index in [2.05, 4.69) is 10.3 Å². The Kier molecular flexibility index (Phi) is 3.91. The minimum Gasteiger partial charge on any atom is -0.383 e. The van der Waals surface area contributed by atoms with Gasteiger partial charge in [-0.25, -0.2) is 9.37 Å². The van der Waals surface area contributed by atoms with Crippen molar-refractivity contribution in [3.8, 4) is 6.07 Å². The molecule has 0 spiro atoms. The number of nitrogens with two attached hydrogens (primary N) is 1. The van der Waals surface area contributed by atoms with E-state index in [-0.39, 0.29) is 11.4 Å². The summed E-state index contributed by atoms with van der Waals surface area (Å²) in [6, 6.07) is 9.84. The number of hydrogen-bond acceptors (Lipinski definition) is 4. The number of nitrogens with zero attached hydrogens (tertiary/aromatic N) is 2. The van der Waals surface area contributed by atoms with E-state index in [1.807, 2.05) is 6.07 Å². The lowest BCUT2D eigenvalue weighted by molar-refractivity contribution is 0.102. The molecule has 0 aliphatic rings. The van der Waals surface area contributed by atoms with Gasteiger partial charge in [-0.15, -0.1) is 0 Å². The molecule has 0 fully saturated rings. The molecule has 0 bridgehead atoms. The molecule has 0 aliphatic heterocycles. The van der Waals surface area contributed by atoms with Gasteiger partial charge in [-0.05, 0) is 23.8 Å². The van der Waals surface area contributed by atoms with Crippen molar-refractivity contribution < 1.29 is 9.18 Å². The van der Waals surface area contributed by atoms with Crippen LogP contribution in [0, 0.1) is 17.1 Å². The second-order valence-corrected chi connectivity index (χ2v) is 4.07. The van der Waals surface area contributed by atoms with E-state index in [9.17, 15) is 9.18 Å². The van der Waals surface area contributed by atoms with Gasteiger partial charge in [-0.1, -0.05) is 12.1 Å². The number of carbonyl (C=O) groups excluding carboxylic acids is 1. The summed E-state index contributed by atoms with van der Waals surface area (Å²) in [5, 5.41) is 11.2. The number of rotatable bonds is 3. The predicted molar refractivity (Wildman–Crippen MR) is 72.3 cm³/mol. The second-order valence-electron chi connectivity index (χ2n) is 4.07. The summed E-state index contributed by atoms with van der Waals surface area (Å²) in [5.41, 5.74) is 6.88. The van der Waals surface area contributed by atoms with Gasteiger partial charge < -0.3 is 11.1 Å². The maximum atomic E-state index is 13.1. The van der Waals surface area contributed by atoms with Crippen molar-refractivity contribution in [2.24, 2.45) is 0 Å². The molecule has 6 heteroatoms. The summed E-state index contributed by atoms with van der Waals surface area (Å²) < 4.78 is 13.1. The number of nitriles is 1. The zero-order valence-electron chi connectivity index (χ0n) is 10.4. The molecule has 100 valence electrons. The van der Waals surface area contributed by atoms with Gasteiger partial charge in [0.1, 0.15) is 11.6 Å². The van der Waals surface area contributed by atoms with Crippen LogP contribution in [0.1, 0.15) is 15.9 Å². The Labute approximate surface area is 114 Å². The maximum absolute atomic E-state index is 13.1. The first kappa shape index (κ1) is 13.5. The fourth-order valence-corrected chi connectivity index (χ4v) is 1.63. The Morgan fingerprint density at radius 3 is 2.75 bits per heavy atom. The van der Waals surface area contributed by atoms with Crippen LogP contribution in [0.2, 0.25) is 0 Å². The molecule has 0 aliphatic carbocycles. The van der Waals surface area contributed by atoms with Crippen LogP contribution >= 0.6 is 0 Å². The molecule has 5 nitrogen and oxygen atoms in total. The van der Waals surface area contributed by atoms with Crippen LogP contribution in [0.5, 0.6) is 0 Å². The van der Waals surface area contributed by atoms with E-state index in [0.717, 1.165) is 17.8 Å². The highest BCUT2D eigenvalue weighted by Crippen LogP contribution is 2.15. The van der Waals surface area contributed by atoms with Gasteiger partial charge in [0.15, 0.2) is 0 Å². The number of benzene rings is 1. The number of aromatic nitrogens is 1. The lowest BCUT2D eigenvalue weighted by Crippen LogP contribution is -2.15. The predicted octanol–water partition coefficient (Wildman–Crippen LogP) is 2.12. The average Bonchev–Trinajstić information content (AvgIpc) is 2.44. The summed E-state index contributed by atoms with van der Waals surface area (Å²) in [5.74, 6) is -1.21. The third-order valence-electron chi connectivity index (χ3n) is 2.62. The van der Waals surface area contributed by atoms with Crippen molar-refractivity contribution in [1.82, 2.24) is 4.98 Å². The van der Waals surface area contributed by atoms with Crippen molar-refractivity contribution in [3.05, 3.63) is 53.5 Å². The third-order valence-corrected chi connectivity index (χ3v) is 2.62. The number of hydrogen-bond donors (Lipinski definition) is 2. The van der Waals surface area contributed by atoms with E-state index in [0.29, 0.717) is 12.1 Å². The standard InChI is InChI=1S/C14H11FN4O/c15-10-7-12(13(17)18-8-10)14(20)19-11-3-1-9(2-4-11)5-6-16/h1-4,7-8H,5H2,(H2,17,18)(H,19,20).